The summed E-state index contributed by atoms with van der Waals surface area (Å²) >= 11 is 0. The number of rotatable bonds is 1. The summed E-state index contributed by atoms with van der Waals surface area (Å²) in [6.07, 6.45) is 7.36. The zero-order chi connectivity index (χ0) is 11.0. The summed E-state index contributed by atoms with van der Waals surface area (Å²) < 4.78 is 2.19. The standard InChI is InChI=1S/C13H13N3/c14-11-6-4-10(5-7-11)12-9-16-8-2-1-3-13(16)15-12/h1-2,4-7,9H,3,8,14H2. The Balaban J connectivity index is 2.01. The van der Waals surface area contributed by atoms with Crippen LogP contribution >= 0.6 is 0 Å². The SMILES string of the molecule is Nc1ccc(-c2cn3c(n2)CC=CC3)cc1. The first-order valence-corrected chi connectivity index (χ1v) is 5.40. The van der Waals surface area contributed by atoms with Crippen LogP contribution in [-0.4, -0.2) is 9.55 Å². The minimum Gasteiger partial charge on any atom is -0.399 e. The molecule has 2 aromatic rings. The van der Waals surface area contributed by atoms with Crippen molar-refractivity contribution in [1.82, 2.24) is 9.55 Å². The van der Waals surface area contributed by atoms with Gasteiger partial charge >= 0.3 is 0 Å². The summed E-state index contributed by atoms with van der Waals surface area (Å²) in [5.41, 5.74) is 8.60. The molecule has 1 aromatic carbocycles. The maximum absolute atomic E-state index is 5.67. The van der Waals surface area contributed by atoms with Gasteiger partial charge in [-0.1, -0.05) is 24.3 Å². The van der Waals surface area contributed by atoms with Gasteiger partial charge < -0.3 is 10.3 Å². The Bertz CT molecular complexity index is 509. The van der Waals surface area contributed by atoms with Crippen molar-refractivity contribution < 1.29 is 0 Å². The van der Waals surface area contributed by atoms with Crippen LogP contribution in [0.4, 0.5) is 5.69 Å². The van der Waals surface area contributed by atoms with Crippen molar-refractivity contribution in [2.24, 2.45) is 0 Å². The molecule has 1 aliphatic rings. The largest absolute Gasteiger partial charge is 0.399 e. The Labute approximate surface area is 94.2 Å². The van der Waals surface area contributed by atoms with Gasteiger partial charge in [0, 0.05) is 30.4 Å². The Morgan fingerprint density at radius 3 is 2.69 bits per heavy atom. The van der Waals surface area contributed by atoms with E-state index in [0.29, 0.717) is 0 Å². The number of benzene rings is 1. The minimum atomic E-state index is 0.786. The quantitative estimate of drug-likeness (QED) is 0.580. The first kappa shape index (κ1) is 9.21. The molecule has 3 rings (SSSR count). The molecule has 0 saturated carbocycles. The molecule has 0 fully saturated rings. The predicted molar refractivity (Wildman–Crippen MR) is 64.9 cm³/mol. The van der Waals surface area contributed by atoms with Crippen molar-refractivity contribution in [3.8, 4) is 11.3 Å². The van der Waals surface area contributed by atoms with Crippen LogP contribution in [-0.2, 0) is 13.0 Å². The first-order chi connectivity index (χ1) is 7.83. The summed E-state index contributed by atoms with van der Waals surface area (Å²) in [5.74, 6) is 1.13. The highest BCUT2D eigenvalue weighted by Gasteiger charge is 2.09. The molecule has 0 atom stereocenters. The summed E-state index contributed by atoms with van der Waals surface area (Å²) in [6, 6.07) is 7.84. The Morgan fingerprint density at radius 1 is 1.12 bits per heavy atom. The first-order valence-electron chi connectivity index (χ1n) is 5.40. The minimum absolute atomic E-state index is 0.786. The van der Waals surface area contributed by atoms with Crippen LogP contribution in [0.3, 0.4) is 0 Å². The van der Waals surface area contributed by atoms with Crippen LogP contribution < -0.4 is 5.73 Å². The molecule has 16 heavy (non-hydrogen) atoms. The average molecular weight is 211 g/mol. The molecule has 0 bridgehead atoms. The highest BCUT2D eigenvalue weighted by molar-refractivity contribution is 5.61. The van der Waals surface area contributed by atoms with Crippen LogP contribution in [0, 0.1) is 0 Å². The fourth-order valence-corrected chi connectivity index (χ4v) is 1.95. The fourth-order valence-electron chi connectivity index (χ4n) is 1.95. The molecule has 2 N–H and O–H groups in total. The molecule has 0 spiro atoms. The molecular formula is C13H13N3. The number of nitrogen functional groups attached to an aromatic ring is 1. The molecule has 3 nitrogen and oxygen atoms in total. The zero-order valence-electron chi connectivity index (χ0n) is 8.93. The second-order valence-corrected chi connectivity index (χ2v) is 3.99. The normalized spacial score (nSPS) is 13.8. The van der Waals surface area contributed by atoms with E-state index in [0.717, 1.165) is 35.7 Å². The van der Waals surface area contributed by atoms with Crippen molar-refractivity contribution in [2.45, 2.75) is 13.0 Å². The third-order valence-electron chi connectivity index (χ3n) is 2.83. The van der Waals surface area contributed by atoms with E-state index in [1.807, 2.05) is 24.3 Å². The second-order valence-electron chi connectivity index (χ2n) is 3.99. The molecule has 0 aliphatic carbocycles. The topological polar surface area (TPSA) is 43.8 Å². The van der Waals surface area contributed by atoms with Crippen molar-refractivity contribution in [3.63, 3.8) is 0 Å². The van der Waals surface area contributed by atoms with E-state index in [1.165, 1.54) is 0 Å². The van der Waals surface area contributed by atoms with Gasteiger partial charge in [-0.2, -0.15) is 0 Å². The molecule has 1 aliphatic heterocycles. The molecule has 0 unspecified atom stereocenters. The second kappa shape index (κ2) is 3.52. The predicted octanol–water partition coefficient (Wildman–Crippen LogP) is 2.24. The summed E-state index contributed by atoms with van der Waals surface area (Å²) in [5, 5.41) is 0. The lowest BCUT2D eigenvalue weighted by Crippen LogP contribution is -2.04. The van der Waals surface area contributed by atoms with Crippen molar-refractivity contribution in [3.05, 3.63) is 48.4 Å². The highest BCUT2D eigenvalue weighted by Crippen LogP contribution is 2.21. The fraction of sp³-hybridized carbons (Fsp3) is 0.154. The molecule has 0 saturated heterocycles. The molecule has 3 heteroatoms. The van der Waals surface area contributed by atoms with Crippen molar-refractivity contribution in [2.75, 3.05) is 5.73 Å². The number of anilines is 1. The van der Waals surface area contributed by atoms with Gasteiger partial charge in [0.2, 0.25) is 0 Å². The molecule has 2 heterocycles. The third kappa shape index (κ3) is 1.50. The number of nitrogens with zero attached hydrogens (tertiary/aromatic N) is 2. The Hall–Kier alpha value is -2.03. The molecule has 1 aromatic heterocycles. The number of nitrogens with two attached hydrogens (primary N) is 1. The zero-order valence-corrected chi connectivity index (χ0v) is 8.93. The average Bonchev–Trinajstić information content (AvgIpc) is 2.73. The van der Waals surface area contributed by atoms with E-state index in [2.05, 4.69) is 27.9 Å². The Kier molecular flexibility index (Phi) is 2.03. The van der Waals surface area contributed by atoms with Gasteiger partial charge in [0.1, 0.15) is 5.82 Å². The van der Waals surface area contributed by atoms with E-state index in [-0.39, 0.29) is 0 Å². The molecule has 80 valence electrons. The smallest absolute Gasteiger partial charge is 0.113 e. The highest BCUT2D eigenvalue weighted by atomic mass is 15.1. The monoisotopic (exact) mass is 211 g/mol. The third-order valence-corrected chi connectivity index (χ3v) is 2.83. The number of hydrogen-bond acceptors (Lipinski definition) is 2. The maximum atomic E-state index is 5.67. The van der Waals surface area contributed by atoms with Gasteiger partial charge in [-0.05, 0) is 12.1 Å². The van der Waals surface area contributed by atoms with E-state index in [9.17, 15) is 0 Å². The molecule has 0 radical (unpaired) electrons. The van der Waals surface area contributed by atoms with E-state index < -0.39 is 0 Å². The summed E-state index contributed by atoms with van der Waals surface area (Å²) in [7, 11) is 0. The molecular weight excluding hydrogens is 198 g/mol. The molecule has 0 amide bonds. The number of fused-ring (bicyclic) bond motifs is 1. The van der Waals surface area contributed by atoms with Gasteiger partial charge in [-0.15, -0.1) is 0 Å². The van der Waals surface area contributed by atoms with Gasteiger partial charge in [0.05, 0.1) is 5.69 Å². The lowest BCUT2D eigenvalue weighted by molar-refractivity contribution is 0.736. The number of hydrogen-bond donors (Lipinski definition) is 1. The lowest BCUT2D eigenvalue weighted by atomic mass is 10.1. The van der Waals surface area contributed by atoms with Crippen LogP contribution in [0.25, 0.3) is 11.3 Å². The van der Waals surface area contributed by atoms with E-state index in [4.69, 9.17) is 5.73 Å². The van der Waals surface area contributed by atoms with E-state index >= 15 is 0 Å². The van der Waals surface area contributed by atoms with Crippen LogP contribution in [0.5, 0.6) is 0 Å². The van der Waals surface area contributed by atoms with Crippen molar-refractivity contribution in [1.29, 1.82) is 0 Å². The van der Waals surface area contributed by atoms with Crippen molar-refractivity contribution >= 4 is 5.69 Å². The van der Waals surface area contributed by atoms with Gasteiger partial charge in [0.25, 0.3) is 0 Å². The number of aromatic nitrogens is 2. The number of imidazole rings is 1. The number of allylic oxidation sites excluding steroid dienone is 2. The van der Waals surface area contributed by atoms with Gasteiger partial charge in [0.15, 0.2) is 0 Å². The van der Waals surface area contributed by atoms with Crippen LogP contribution in [0.1, 0.15) is 5.82 Å². The Morgan fingerprint density at radius 2 is 1.94 bits per heavy atom. The van der Waals surface area contributed by atoms with Crippen LogP contribution in [0.2, 0.25) is 0 Å². The van der Waals surface area contributed by atoms with Gasteiger partial charge in [-0.3, -0.25) is 0 Å². The van der Waals surface area contributed by atoms with Gasteiger partial charge in [-0.25, -0.2) is 4.98 Å². The maximum Gasteiger partial charge on any atom is 0.113 e. The van der Waals surface area contributed by atoms with Crippen LogP contribution in [0.15, 0.2) is 42.6 Å². The van der Waals surface area contributed by atoms with E-state index in [1.54, 1.807) is 0 Å². The summed E-state index contributed by atoms with van der Waals surface area (Å²) in [4.78, 5) is 4.62. The summed E-state index contributed by atoms with van der Waals surface area (Å²) in [6.45, 7) is 0.928. The lowest BCUT2D eigenvalue weighted by Gasteiger charge is -2.05.